The molecule has 2 heteroatoms. The molecule has 6 aliphatic carbocycles. The number of fused-ring (bicyclic) bond motifs is 11. The number of rotatable bonds is 9. The van der Waals surface area contributed by atoms with E-state index in [2.05, 4.69) is 40.7 Å². The lowest BCUT2D eigenvalue weighted by atomic mass is 9.65. The van der Waals surface area contributed by atoms with Crippen molar-refractivity contribution in [3.8, 4) is 0 Å². The molecule has 0 amide bonds. The highest BCUT2D eigenvalue weighted by Crippen LogP contribution is 2.69. The highest BCUT2D eigenvalue weighted by atomic mass is 16.5. The second kappa shape index (κ2) is 9.51. The van der Waals surface area contributed by atoms with E-state index in [-0.39, 0.29) is 0 Å². The van der Waals surface area contributed by atoms with Crippen LogP contribution in [0.15, 0.2) is 11.6 Å². The molecule has 0 spiro atoms. The molecule has 0 radical (unpaired) electrons. The standard InChI is InChI=1S/C32H52O2/c1-18(2)20(5)34-30-16-26-14-28(30)32-27-13-25(31(26)32)12-24(27)15-29(19(3)4)33-17-23-10-21-7-6-8-22(9-21)11-23/h10,18-20,22-32H,6-9,11-17H2,1-5H3/t20-,22?,23?,24?,25?,26?,27?,28?,29?,30?,31?,32?/m0/s1. The molecular weight excluding hydrogens is 416 g/mol. The van der Waals surface area contributed by atoms with Gasteiger partial charge in [-0.1, -0.05) is 39.3 Å². The van der Waals surface area contributed by atoms with Crippen molar-refractivity contribution in [1.82, 2.24) is 0 Å². The third-order valence-electron chi connectivity index (χ3n) is 11.8. The van der Waals surface area contributed by atoms with Crippen molar-refractivity contribution in [3.63, 3.8) is 0 Å². The number of allylic oxidation sites excluding steroid dienone is 1. The van der Waals surface area contributed by atoms with Crippen molar-refractivity contribution in [1.29, 1.82) is 0 Å². The molecule has 0 aromatic rings. The fourth-order valence-corrected chi connectivity index (χ4v) is 10.1. The van der Waals surface area contributed by atoms with Gasteiger partial charge in [0.05, 0.1) is 24.9 Å². The number of ether oxygens (including phenoxy) is 2. The third kappa shape index (κ3) is 4.36. The Morgan fingerprint density at radius 3 is 2.44 bits per heavy atom. The lowest BCUT2D eigenvalue weighted by molar-refractivity contribution is -0.0854. The Labute approximate surface area is 210 Å². The largest absolute Gasteiger partial charge is 0.377 e. The first-order valence-corrected chi connectivity index (χ1v) is 15.3. The lowest BCUT2D eigenvalue weighted by Gasteiger charge is -2.43. The van der Waals surface area contributed by atoms with E-state index in [1.807, 2.05) is 0 Å². The molecule has 6 bridgehead atoms. The molecule has 0 saturated heterocycles. The van der Waals surface area contributed by atoms with E-state index in [0.29, 0.717) is 36.1 Å². The van der Waals surface area contributed by atoms with Gasteiger partial charge in [-0.05, 0) is 130 Å². The van der Waals surface area contributed by atoms with E-state index in [1.165, 1.54) is 64.2 Å². The van der Waals surface area contributed by atoms with Crippen LogP contribution in [0.1, 0.15) is 98.8 Å². The van der Waals surface area contributed by atoms with Gasteiger partial charge in [-0.2, -0.15) is 0 Å². The van der Waals surface area contributed by atoms with Gasteiger partial charge in [-0.25, -0.2) is 0 Å². The predicted molar refractivity (Wildman–Crippen MR) is 139 cm³/mol. The lowest BCUT2D eigenvalue weighted by Crippen LogP contribution is -2.41. The minimum atomic E-state index is 0.408. The van der Waals surface area contributed by atoms with Crippen molar-refractivity contribution in [2.24, 2.45) is 65.1 Å². The van der Waals surface area contributed by atoms with E-state index in [1.54, 1.807) is 5.57 Å². The Bertz CT molecular complexity index is 754. The van der Waals surface area contributed by atoms with Crippen LogP contribution in [0.5, 0.6) is 0 Å². The molecule has 5 fully saturated rings. The van der Waals surface area contributed by atoms with Crippen molar-refractivity contribution in [2.75, 3.05) is 6.61 Å². The zero-order chi connectivity index (χ0) is 23.6. The highest BCUT2D eigenvalue weighted by Gasteiger charge is 2.65. The molecule has 0 heterocycles. The number of hydrogen-bond acceptors (Lipinski definition) is 2. The summed E-state index contributed by atoms with van der Waals surface area (Å²) in [7, 11) is 0. The van der Waals surface area contributed by atoms with Gasteiger partial charge in [0.2, 0.25) is 0 Å². The van der Waals surface area contributed by atoms with Gasteiger partial charge < -0.3 is 9.47 Å². The average molecular weight is 469 g/mol. The van der Waals surface area contributed by atoms with Gasteiger partial charge in [-0.3, -0.25) is 0 Å². The normalized spacial score (nSPS) is 46.3. The third-order valence-corrected chi connectivity index (χ3v) is 11.8. The van der Waals surface area contributed by atoms with Gasteiger partial charge in [-0.15, -0.1) is 0 Å². The second-order valence-electron chi connectivity index (χ2n) is 14.5. The zero-order valence-corrected chi connectivity index (χ0v) is 22.8. The van der Waals surface area contributed by atoms with Crippen LogP contribution >= 0.6 is 0 Å². The van der Waals surface area contributed by atoms with Gasteiger partial charge >= 0.3 is 0 Å². The Kier molecular flexibility index (Phi) is 6.72. The summed E-state index contributed by atoms with van der Waals surface area (Å²) in [5, 5.41) is 0. The Morgan fingerprint density at radius 2 is 1.68 bits per heavy atom. The molecule has 34 heavy (non-hydrogen) atoms. The minimum absolute atomic E-state index is 0.408. The van der Waals surface area contributed by atoms with Gasteiger partial charge in [0, 0.05) is 5.92 Å². The zero-order valence-electron chi connectivity index (χ0n) is 22.8. The molecule has 6 aliphatic rings. The SMILES string of the molecule is CC(C)C(CC1CC2CC1C1C3CC(CC3O[C@@H](C)C(C)C)C21)OCC1C=C2CCCC(C2)C1. The topological polar surface area (TPSA) is 18.5 Å². The van der Waals surface area contributed by atoms with Crippen LogP contribution in [0.2, 0.25) is 0 Å². The van der Waals surface area contributed by atoms with Gasteiger partial charge in [0.25, 0.3) is 0 Å². The molecular formula is C32H52O2. The summed E-state index contributed by atoms with van der Waals surface area (Å²) in [6.07, 6.45) is 18.2. The van der Waals surface area contributed by atoms with E-state index >= 15 is 0 Å². The van der Waals surface area contributed by atoms with Crippen molar-refractivity contribution in [3.05, 3.63) is 11.6 Å². The minimum Gasteiger partial charge on any atom is -0.377 e. The Hall–Kier alpha value is -0.340. The Morgan fingerprint density at radius 1 is 0.882 bits per heavy atom. The predicted octanol–water partition coefficient (Wildman–Crippen LogP) is 7.91. The Balaban J connectivity index is 1.07. The summed E-state index contributed by atoms with van der Waals surface area (Å²) < 4.78 is 13.5. The monoisotopic (exact) mass is 468 g/mol. The average Bonchev–Trinajstić information content (AvgIpc) is 3.55. The van der Waals surface area contributed by atoms with Gasteiger partial charge in [0.1, 0.15) is 0 Å². The fraction of sp³-hybridized carbons (Fsp3) is 0.938. The van der Waals surface area contributed by atoms with E-state index in [9.17, 15) is 0 Å². The molecule has 192 valence electrons. The maximum atomic E-state index is 6.78. The molecule has 12 atom stereocenters. The molecule has 2 nitrogen and oxygen atoms in total. The van der Waals surface area contributed by atoms with E-state index in [4.69, 9.17) is 9.47 Å². The van der Waals surface area contributed by atoms with Crippen LogP contribution in [-0.2, 0) is 9.47 Å². The summed E-state index contributed by atoms with van der Waals surface area (Å²) >= 11 is 0. The van der Waals surface area contributed by atoms with Crippen molar-refractivity contribution >= 4 is 0 Å². The van der Waals surface area contributed by atoms with E-state index < -0.39 is 0 Å². The molecule has 0 aliphatic heterocycles. The fourth-order valence-electron chi connectivity index (χ4n) is 10.1. The van der Waals surface area contributed by atoms with Crippen LogP contribution in [0.4, 0.5) is 0 Å². The maximum Gasteiger partial charge on any atom is 0.0612 e. The quantitative estimate of drug-likeness (QED) is 0.253. The first-order chi connectivity index (χ1) is 16.4. The smallest absolute Gasteiger partial charge is 0.0612 e. The first-order valence-electron chi connectivity index (χ1n) is 15.3. The second-order valence-corrected chi connectivity index (χ2v) is 14.5. The molecule has 0 N–H and O–H groups in total. The van der Waals surface area contributed by atoms with Crippen LogP contribution < -0.4 is 0 Å². The summed E-state index contributed by atoms with van der Waals surface area (Å²) in [5.74, 6) is 9.66. The molecule has 0 aromatic carbocycles. The summed E-state index contributed by atoms with van der Waals surface area (Å²) in [6.45, 7) is 12.7. The molecule has 5 saturated carbocycles. The highest BCUT2D eigenvalue weighted by molar-refractivity contribution is 5.14. The van der Waals surface area contributed by atoms with Crippen molar-refractivity contribution < 1.29 is 9.47 Å². The maximum absolute atomic E-state index is 6.78. The molecule has 11 unspecified atom stereocenters. The van der Waals surface area contributed by atoms with Gasteiger partial charge in [0.15, 0.2) is 0 Å². The molecule has 0 aromatic heterocycles. The van der Waals surface area contributed by atoms with E-state index in [0.717, 1.165) is 54.0 Å². The molecule has 6 rings (SSSR count). The van der Waals surface area contributed by atoms with Crippen molar-refractivity contribution in [2.45, 2.75) is 117 Å². The number of hydrogen-bond donors (Lipinski definition) is 0. The summed E-state index contributed by atoms with van der Waals surface area (Å²) in [6, 6.07) is 0. The van der Waals surface area contributed by atoms with Crippen LogP contribution in [0.3, 0.4) is 0 Å². The van der Waals surface area contributed by atoms with Crippen LogP contribution in [0, 0.1) is 65.1 Å². The first kappa shape index (κ1) is 24.0. The summed E-state index contributed by atoms with van der Waals surface area (Å²) in [4.78, 5) is 0. The van der Waals surface area contributed by atoms with Crippen LogP contribution in [-0.4, -0.2) is 24.9 Å². The van der Waals surface area contributed by atoms with Crippen LogP contribution in [0.25, 0.3) is 0 Å². The summed E-state index contributed by atoms with van der Waals surface area (Å²) in [5.41, 5.74) is 1.75.